The number of hydrogen-bond donors (Lipinski definition) is 2. The topological polar surface area (TPSA) is 92.2 Å². The zero-order chi connectivity index (χ0) is 13.7. The molecule has 19 heavy (non-hydrogen) atoms. The Morgan fingerprint density at radius 1 is 1.11 bits per heavy atom. The van der Waals surface area contributed by atoms with Crippen molar-refractivity contribution >= 4 is 16.0 Å². The summed E-state index contributed by atoms with van der Waals surface area (Å²) in [7, 11) is -3.68. The molecule has 0 aliphatic carbocycles. The van der Waals surface area contributed by atoms with Crippen LogP contribution in [0.4, 0.5) is 5.95 Å². The Kier molecular flexibility index (Phi) is 4.08. The first-order valence-electron chi connectivity index (χ1n) is 5.61. The monoisotopic (exact) mass is 279 g/mol. The van der Waals surface area contributed by atoms with Crippen LogP contribution in [-0.4, -0.2) is 30.1 Å². The van der Waals surface area contributed by atoms with Crippen LogP contribution in [-0.2, 0) is 16.4 Å². The lowest BCUT2D eigenvalue weighted by Gasteiger charge is -2.06. The number of aliphatic hydroxyl groups is 1. The number of aromatic nitrogens is 2. The van der Waals surface area contributed by atoms with Crippen molar-refractivity contribution in [3.8, 4) is 0 Å². The van der Waals surface area contributed by atoms with Crippen LogP contribution in [0.2, 0.25) is 0 Å². The molecule has 2 rings (SSSR count). The smallest absolute Gasteiger partial charge is 0.264 e. The Morgan fingerprint density at radius 2 is 1.74 bits per heavy atom. The van der Waals surface area contributed by atoms with Crippen molar-refractivity contribution in [2.24, 2.45) is 0 Å². The number of sulfonamides is 1. The van der Waals surface area contributed by atoms with Gasteiger partial charge in [-0.3, -0.25) is 0 Å². The molecule has 0 radical (unpaired) electrons. The fourth-order valence-corrected chi connectivity index (χ4v) is 2.45. The van der Waals surface area contributed by atoms with Gasteiger partial charge in [-0.05, 0) is 30.2 Å². The summed E-state index contributed by atoms with van der Waals surface area (Å²) in [4.78, 5) is 7.73. The van der Waals surface area contributed by atoms with E-state index in [4.69, 9.17) is 5.11 Å². The molecule has 1 aromatic heterocycles. The van der Waals surface area contributed by atoms with Gasteiger partial charge in [0.1, 0.15) is 0 Å². The van der Waals surface area contributed by atoms with E-state index in [2.05, 4.69) is 14.7 Å². The maximum Gasteiger partial charge on any atom is 0.264 e. The highest BCUT2D eigenvalue weighted by Gasteiger charge is 2.14. The molecule has 0 saturated carbocycles. The van der Waals surface area contributed by atoms with E-state index in [9.17, 15) is 8.42 Å². The number of rotatable bonds is 5. The molecule has 0 aliphatic heterocycles. The zero-order valence-electron chi connectivity index (χ0n) is 10.0. The molecule has 0 amide bonds. The lowest BCUT2D eigenvalue weighted by atomic mass is 10.2. The molecule has 1 aromatic carbocycles. The Labute approximate surface area is 111 Å². The van der Waals surface area contributed by atoms with Crippen molar-refractivity contribution < 1.29 is 13.5 Å². The molecule has 6 nitrogen and oxygen atoms in total. The number of anilines is 1. The molecule has 7 heteroatoms. The molecule has 2 aromatic rings. The quantitative estimate of drug-likeness (QED) is 0.845. The van der Waals surface area contributed by atoms with Crippen molar-refractivity contribution in [2.75, 3.05) is 11.3 Å². The first kappa shape index (κ1) is 13.4. The van der Waals surface area contributed by atoms with E-state index in [1.807, 2.05) is 0 Å². The molecule has 0 atom stereocenters. The van der Waals surface area contributed by atoms with Crippen LogP contribution in [0.3, 0.4) is 0 Å². The molecule has 0 unspecified atom stereocenters. The number of nitrogens with one attached hydrogen (secondary N) is 1. The van der Waals surface area contributed by atoms with Crippen LogP contribution in [0, 0.1) is 0 Å². The van der Waals surface area contributed by atoms with Crippen LogP contribution >= 0.6 is 0 Å². The van der Waals surface area contributed by atoms with Gasteiger partial charge in [-0.2, -0.15) is 0 Å². The number of benzene rings is 1. The van der Waals surface area contributed by atoms with Gasteiger partial charge < -0.3 is 5.11 Å². The molecule has 100 valence electrons. The minimum atomic E-state index is -3.68. The van der Waals surface area contributed by atoms with Crippen molar-refractivity contribution in [2.45, 2.75) is 11.3 Å². The van der Waals surface area contributed by atoms with E-state index in [1.54, 1.807) is 18.2 Å². The first-order valence-corrected chi connectivity index (χ1v) is 7.10. The minimum Gasteiger partial charge on any atom is -0.396 e. The molecule has 1 heterocycles. The average molecular weight is 279 g/mol. The third-order valence-corrected chi connectivity index (χ3v) is 3.77. The van der Waals surface area contributed by atoms with Crippen LogP contribution in [0.15, 0.2) is 47.6 Å². The standard InChI is InChI=1S/C12H13N3O3S/c16-9-6-10-2-4-11(5-3-10)19(17,18)15-12-13-7-1-8-14-12/h1-5,7-8,16H,6,9H2,(H,13,14,15). The van der Waals surface area contributed by atoms with Crippen molar-refractivity contribution in [1.29, 1.82) is 0 Å². The fraction of sp³-hybridized carbons (Fsp3) is 0.167. The summed E-state index contributed by atoms with van der Waals surface area (Å²) in [5.41, 5.74) is 0.873. The van der Waals surface area contributed by atoms with Gasteiger partial charge in [0.15, 0.2) is 0 Å². The van der Waals surface area contributed by atoms with Crippen LogP contribution in [0.1, 0.15) is 5.56 Å². The van der Waals surface area contributed by atoms with E-state index in [0.29, 0.717) is 6.42 Å². The molecular formula is C12H13N3O3S. The maximum absolute atomic E-state index is 12.0. The Bertz CT molecular complexity index is 627. The summed E-state index contributed by atoms with van der Waals surface area (Å²) < 4.78 is 26.3. The van der Waals surface area contributed by atoms with Gasteiger partial charge in [-0.15, -0.1) is 0 Å². The van der Waals surface area contributed by atoms with Crippen molar-refractivity contribution in [3.63, 3.8) is 0 Å². The molecule has 2 N–H and O–H groups in total. The van der Waals surface area contributed by atoms with Gasteiger partial charge in [0.05, 0.1) is 4.90 Å². The summed E-state index contributed by atoms with van der Waals surface area (Å²) in [6, 6.07) is 7.89. The molecule has 0 fully saturated rings. The van der Waals surface area contributed by atoms with Gasteiger partial charge in [0.2, 0.25) is 5.95 Å². The summed E-state index contributed by atoms with van der Waals surface area (Å²) in [6.45, 7) is 0.0300. The Hall–Kier alpha value is -1.99. The van der Waals surface area contributed by atoms with Gasteiger partial charge in [-0.25, -0.2) is 23.1 Å². The normalized spacial score (nSPS) is 11.2. The predicted molar refractivity (Wildman–Crippen MR) is 70.1 cm³/mol. The third kappa shape index (κ3) is 3.49. The maximum atomic E-state index is 12.0. The second-order valence-electron chi connectivity index (χ2n) is 3.80. The van der Waals surface area contributed by atoms with Gasteiger partial charge in [0, 0.05) is 19.0 Å². The molecule has 0 saturated heterocycles. The number of hydrogen-bond acceptors (Lipinski definition) is 5. The second kappa shape index (κ2) is 5.77. The lowest BCUT2D eigenvalue weighted by molar-refractivity contribution is 0.299. The van der Waals surface area contributed by atoms with E-state index in [1.165, 1.54) is 24.5 Å². The fourth-order valence-electron chi connectivity index (χ4n) is 1.50. The Morgan fingerprint density at radius 3 is 2.32 bits per heavy atom. The zero-order valence-corrected chi connectivity index (χ0v) is 10.8. The van der Waals surface area contributed by atoms with Crippen LogP contribution < -0.4 is 4.72 Å². The van der Waals surface area contributed by atoms with Gasteiger partial charge in [0.25, 0.3) is 10.0 Å². The van der Waals surface area contributed by atoms with Crippen molar-refractivity contribution in [3.05, 3.63) is 48.3 Å². The highest BCUT2D eigenvalue weighted by atomic mass is 32.2. The first-order chi connectivity index (χ1) is 9.12. The molecule has 0 bridgehead atoms. The van der Waals surface area contributed by atoms with Gasteiger partial charge >= 0.3 is 0 Å². The largest absolute Gasteiger partial charge is 0.396 e. The predicted octanol–water partition coefficient (Wildman–Crippen LogP) is 0.812. The molecule has 0 spiro atoms. The lowest BCUT2D eigenvalue weighted by Crippen LogP contribution is -2.14. The van der Waals surface area contributed by atoms with E-state index in [0.717, 1.165) is 5.56 Å². The summed E-state index contributed by atoms with van der Waals surface area (Å²) in [5, 5.41) is 8.80. The van der Waals surface area contributed by atoms with Crippen LogP contribution in [0.5, 0.6) is 0 Å². The Balaban J connectivity index is 2.20. The van der Waals surface area contributed by atoms with E-state index >= 15 is 0 Å². The summed E-state index contributed by atoms with van der Waals surface area (Å²) in [6.07, 6.45) is 3.40. The molecular weight excluding hydrogens is 266 g/mol. The summed E-state index contributed by atoms with van der Waals surface area (Å²) >= 11 is 0. The van der Waals surface area contributed by atoms with E-state index < -0.39 is 10.0 Å². The highest BCUT2D eigenvalue weighted by Crippen LogP contribution is 2.13. The number of nitrogens with zero attached hydrogens (tertiary/aromatic N) is 2. The third-order valence-electron chi connectivity index (χ3n) is 2.43. The minimum absolute atomic E-state index is 0.0296. The second-order valence-corrected chi connectivity index (χ2v) is 5.48. The van der Waals surface area contributed by atoms with Crippen molar-refractivity contribution in [1.82, 2.24) is 9.97 Å². The molecule has 0 aliphatic rings. The average Bonchev–Trinajstić information content (AvgIpc) is 2.40. The van der Waals surface area contributed by atoms with Gasteiger partial charge in [-0.1, -0.05) is 12.1 Å². The summed E-state index contributed by atoms with van der Waals surface area (Å²) in [5.74, 6) is 0.0296. The van der Waals surface area contributed by atoms with Crippen LogP contribution in [0.25, 0.3) is 0 Å². The highest BCUT2D eigenvalue weighted by molar-refractivity contribution is 7.92. The van der Waals surface area contributed by atoms with E-state index in [-0.39, 0.29) is 17.5 Å². The SMILES string of the molecule is O=S(=O)(Nc1ncccn1)c1ccc(CCO)cc1. The number of aliphatic hydroxyl groups excluding tert-OH is 1.